The minimum atomic E-state index is -1.73. The van der Waals surface area contributed by atoms with Crippen molar-refractivity contribution in [1.29, 1.82) is 0 Å². The number of rotatable bonds is 45. The Morgan fingerprint density at radius 3 is 0.920 bits per heavy atom. The number of nitrogens with one attached hydrogen (secondary N) is 3. The topological polar surface area (TPSA) is 592 Å². The first-order chi connectivity index (χ1) is 47.7. The molecule has 40 nitrogen and oxygen atoms in total. The summed E-state index contributed by atoms with van der Waals surface area (Å²) in [5, 5.41) is 170. The summed E-state index contributed by atoms with van der Waals surface area (Å²) >= 11 is 0. The van der Waals surface area contributed by atoms with E-state index >= 15 is 0 Å². The molecule has 20 atom stereocenters. The Morgan fingerprint density at radius 1 is 0.380 bits per heavy atom. The first kappa shape index (κ1) is 85.6. The second-order valence-electron chi connectivity index (χ2n) is 24.7. The first-order valence-corrected chi connectivity index (χ1v) is 33.6. The van der Waals surface area contributed by atoms with Crippen molar-refractivity contribution >= 4 is 47.3 Å². The molecule has 0 aromatic carbocycles. The minimum Gasteiger partial charge on any atom is -0.394 e. The number of ether oxygens (including phenoxy) is 8. The number of amides is 7. The van der Waals surface area contributed by atoms with Gasteiger partial charge in [-0.3, -0.25) is 38.5 Å². The molecule has 0 aliphatic carbocycles. The zero-order chi connectivity index (χ0) is 73.6. The van der Waals surface area contributed by atoms with Crippen LogP contribution < -0.4 is 16.0 Å². The normalized spacial score (nSPS) is 30.9. The van der Waals surface area contributed by atoms with E-state index in [0.717, 1.165) is 0 Å². The number of nitrogens with zero attached hydrogens (tertiary/aromatic N) is 4. The quantitative estimate of drug-likeness (QED) is 0.0199. The maximum atomic E-state index is 13.6. The van der Waals surface area contributed by atoms with Gasteiger partial charge >= 0.3 is 5.97 Å². The third-order valence-electron chi connectivity index (χ3n) is 17.1. The number of hydroxylamine groups is 2. The summed E-state index contributed by atoms with van der Waals surface area (Å²) in [5.41, 5.74) is 0. The number of carbonyl (C=O) groups excluding carboxylic acids is 8. The van der Waals surface area contributed by atoms with E-state index in [0.29, 0.717) is 50.0 Å². The molecule has 576 valence electrons. The van der Waals surface area contributed by atoms with Crippen LogP contribution in [0.25, 0.3) is 0 Å². The number of carbonyl (C=O) groups is 8. The fourth-order valence-electron chi connectivity index (χ4n) is 11.1. The summed E-state index contributed by atoms with van der Waals surface area (Å²) in [6.45, 7) is -5.61. The number of hydrogen-bond donors (Lipinski definition) is 19. The third kappa shape index (κ3) is 26.9. The lowest BCUT2D eigenvalue weighted by Crippen LogP contribution is -2.59. The SMILES string of the molecule is O=C(CN(CC(=O)NCCCCCC(=O)N(CCO[C@H]1O[C@H](CO)[C@@H](O)[C@H](O)[C@@H]1O)CCO[C@H]1O[C@H](CO)[C@@H](O)[C@H](O)[C@@H]1O)CC(=O)NCCCCCC(=O)N(CCO[C@H]1O[C@H](CO)[C@@H](O)[C@H](O)[C@@H]1O)CCO[C@H]1O[C@H](CO)[C@@H](O)[C@H](O)[C@@H]1O)NCCCCCC(=O)ON1C(=O)CCC1=O. The van der Waals surface area contributed by atoms with Gasteiger partial charge in [0, 0.05) is 77.9 Å². The molecule has 5 fully saturated rings. The third-order valence-corrected chi connectivity index (χ3v) is 17.1. The van der Waals surface area contributed by atoms with Crippen molar-refractivity contribution in [3.63, 3.8) is 0 Å². The molecule has 5 heterocycles. The van der Waals surface area contributed by atoms with Gasteiger partial charge in [0.05, 0.1) is 72.5 Å². The highest BCUT2D eigenvalue weighted by atomic mass is 16.7. The Labute approximate surface area is 575 Å². The fraction of sp³-hybridized carbons (Fsp3) is 0.867. The maximum absolute atomic E-state index is 13.6. The molecular formula is C60H103N7O33. The lowest BCUT2D eigenvalue weighted by atomic mass is 9.99. The van der Waals surface area contributed by atoms with Crippen LogP contribution in [0.15, 0.2) is 0 Å². The summed E-state index contributed by atoms with van der Waals surface area (Å²) in [5.74, 6) is -4.55. The predicted molar refractivity (Wildman–Crippen MR) is 330 cm³/mol. The van der Waals surface area contributed by atoms with Crippen LogP contribution in [-0.4, -0.2) is 390 Å². The number of imide groups is 1. The highest BCUT2D eigenvalue weighted by Crippen LogP contribution is 2.26. The number of aliphatic hydroxyl groups is 16. The molecule has 0 saturated carbocycles. The molecule has 0 radical (unpaired) electrons. The molecular weight excluding hydrogens is 1350 g/mol. The van der Waals surface area contributed by atoms with Crippen LogP contribution in [-0.2, 0) is 81.1 Å². The Balaban J connectivity index is 1.10. The van der Waals surface area contributed by atoms with Crippen molar-refractivity contribution in [2.75, 3.05) is 118 Å². The van der Waals surface area contributed by atoms with Gasteiger partial charge in [-0.05, 0) is 38.5 Å². The molecule has 19 N–H and O–H groups in total. The van der Waals surface area contributed by atoms with E-state index < -0.39 is 216 Å². The minimum absolute atomic E-state index is 0.0526. The molecule has 5 saturated heterocycles. The molecule has 100 heavy (non-hydrogen) atoms. The molecule has 5 aliphatic heterocycles. The maximum Gasteiger partial charge on any atom is 0.333 e. The standard InChI is InChI=1S/C60H103N7O33/c68-29-33-45(80)49(84)53(88)57(96-33)92-22-18-65(19-23-93-58-54(89)50(85)46(81)34(30-69)97-58)40(75)10-4-1-7-15-61-37(72)26-64(28-39(74)63-17-9-3-6-12-44(79)100-67-42(77)13-14-43(67)78)27-38(73)62-16-8-2-5-11-41(76)66(20-24-94-59-55(90)51(86)47(82)35(31-70)98-59)21-25-95-60-56(91)52(87)48(83)36(32-71)99-60/h33-36,45-60,68-71,80-91H,1-32H2,(H,61,72)(H,62,73)(H,63,74)/t33-,34-,35-,36-,45-,46-,47-,48-,49+,50+,51+,52+,53+,54+,55+,56+,57+,58+,59+,60+/m1/s1. The summed E-state index contributed by atoms with van der Waals surface area (Å²) in [6, 6.07) is 0. The van der Waals surface area contributed by atoms with Crippen molar-refractivity contribution in [1.82, 2.24) is 35.7 Å². The van der Waals surface area contributed by atoms with E-state index in [4.69, 9.17) is 42.7 Å². The van der Waals surface area contributed by atoms with Gasteiger partial charge in [-0.25, -0.2) is 4.79 Å². The predicted octanol–water partition coefficient (Wildman–Crippen LogP) is -11.2. The highest BCUT2D eigenvalue weighted by molar-refractivity contribution is 6.01. The number of unbranched alkanes of at least 4 members (excludes halogenated alkanes) is 6. The lowest BCUT2D eigenvalue weighted by molar-refractivity contribution is -0.303. The monoisotopic (exact) mass is 1450 g/mol. The zero-order valence-corrected chi connectivity index (χ0v) is 55.6. The number of hydrogen-bond acceptors (Lipinski definition) is 34. The van der Waals surface area contributed by atoms with Crippen molar-refractivity contribution in [2.24, 2.45) is 0 Å². The lowest BCUT2D eigenvalue weighted by Gasteiger charge is -2.40. The van der Waals surface area contributed by atoms with Crippen LogP contribution in [0.1, 0.15) is 89.9 Å². The van der Waals surface area contributed by atoms with Crippen LogP contribution >= 0.6 is 0 Å². The van der Waals surface area contributed by atoms with Crippen LogP contribution in [0.4, 0.5) is 0 Å². The first-order valence-electron chi connectivity index (χ1n) is 33.6. The van der Waals surface area contributed by atoms with Crippen LogP contribution in [0, 0.1) is 0 Å². The molecule has 0 aromatic heterocycles. The smallest absolute Gasteiger partial charge is 0.333 e. The fourth-order valence-corrected chi connectivity index (χ4v) is 11.1. The Kier molecular flexibility index (Phi) is 38.2. The highest BCUT2D eigenvalue weighted by Gasteiger charge is 2.48. The van der Waals surface area contributed by atoms with E-state index in [2.05, 4.69) is 16.0 Å². The average Bonchev–Trinajstić information content (AvgIpc) is 1.20. The second-order valence-corrected chi connectivity index (χ2v) is 24.7. The molecule has 0 unspecified atom stereocenters. The van der Waals surface area contributed by atoms with Gasteiger partial charge in [0.25, 0.3) is 11.8 Å². The van der Waals surface area contributed by atoms with Gasteiger partial charge in [0.2, 0.25) is 29.5 Å². The van der Waals surface area contributed by atoms with E-state index in [1.165, 1.54) is 14.7 Å². The van der Waals surface area contributed by atoms with E-state index in [1.807, 2.05) is 0 Å². The van der Waals surface area contributed by atoms with Crippen molar-refractivity contribution < 1.29 is 163 Å². The van der Waals surface area contributed by atoms with Gasteiger partial charge in [-0.15, -0.1) is 5.06 Å². The molecule has 40 heteroatoms. The Morgan fingerprint density at radius 2 is 0.650 bits per heavy atom. The average molecular weight is 1450 g/mol. The Bertz CT molecular complexity index is 2270. The van der Waals surface area contributed by atoms with Crippen LogP contribution in [0.3, 0.4) is 0 Å². The Hall–Kier alpha value is -5.04. The molecule has 0 spiro atoms. The molecule has 5 rings (SSSR count). The van der Waals surface area contributed by atoms with Crippen LogP contribution in [0.5, 0.6) is 0 Å². The second kappa shape index (κ2) is 44.6. The van der Waals surface area contributed by atoms with Gasteiger partial charge in [0.1, 0.15) is 97.7 Å². The largest absolute Gasteiger partial charge is 0.394 e. The van der Waals surface area contributed by atoms with Gasteiger partial charge < -0.3 is 150 Å². The van der Waals surface area contributed by atoms with Gasteiger partial charge in [-0.1, -0.05) is 19.3 Å². The molecule has 0 aromatic rings. The molecule has 5 aliphatic rings. The number of aliphatic hydroxyl groups excluding tert-OH is 16. The summed E-state index contributed by atoms with van der Waals surface area (Å²) in [4.78, 5) is 112. The van der Waals surface area contributed by atoms with Crippen molar-refractivity contribution in [3.05, 3.63) is 0 Å². The van der Waals surface area contributed by atoms with E-state index in [1.54, 1.807) is 0 Å². The van der Waals surface area contributed by atoms with Gasteiger partial charge in [0.15, 0.2) is 25.2 Å². The summed E-state index contributed by atoms with van der Waals surface area (Å²) < 4.78 is 43.9. The van der Waals surface area contributed by atoms with Crippen molar-refractivity contribution in [3.8, 4) is 0 Å². The van der Waals surface area contributed by atoms with E-state index in [9.17, 15) is 120 Å². The summed E-state index contributed by atoms with van der Waals surface area (Å²) in [6.07, 6.45) is -28.6. The molecule has 7 amide bonds. The molecule has 0 bridgehead atoms. The zero-order valence-electron chi connectivity index (χ0n) is 55.6. The van der Waals surface area contributed by atoms with Gasteiger partial charge in [-0.2, -0.15) is 0 Å². The van der Waals surface area contributed by atoms with Crippen LogP contribution in [0.2, 0.25) is 0 Å². The van der Waals surface area contributed by atoms with E-state index in [-0.39, 0.29) is 117 Å². The van der Waals surface area contributed by atoms with Crippen molar-refractivity contribution in [2.45, 2.75) is 213 Å². The summed E-state index contributed by atoms with van der Waals surface area (Å²) in [7, 11) is 0.